The van der Waals surface area contributed by atoms with Crippen LogP contribution in [0.2, 0.25) is 5.02 Å². The van der Waals surface area contributed by atoms with Crippen LogP contribution in [-0.2, 0) is 4.79 Å². The van der Waals surface area contributed by atoms with Gasteiger partial charge in [-0.3, -0.25) is 25.0 Å². The number of nitrogens with zero attached hydrogens (tertiary/aromatic N) is 2. The van der Waals surface area contributed by atoms with E-state index in [9.17, 15) is 25.0 Å². The number of halogens is 1. The topological polar surface area (TPSA) is 134 Å². The standard InChI is InChI=1S/C15H12ClN3O7/c1-25-10-3-4-12(13(7-10)19(23)24)17-15(20)8-26-14-5-2-9(18(21)22)6-11(14)16/h2-7H,8H2,1H3,(H,17,20). The van der Waals surface area contributed by atoms with E-state index in [1.165, 1.54) is 37.4 Å². The monoisotopic (exact) mass is 381 g/mol. The van der Waals surface area contributed by atoms with Crippen molar-refractivity contribution in [2.24, 2.45) is 0 Å². The lowest BCUT2D eigenvalue weighted by molar-refractivity contribution is -0.384. The van der Waals surface area contributed by atoms with Crippen molar-refractivity contribution in [3.63, 3.8) is 0 Å². The molecule has 2 aromatic carbocycles. The minimum Gasteiger partial charge on any atom is -0.496 e. The molecule has 0 unspecified atom stereocenters. The Balaban J connectivity index is 2.06. The third kappa shape index (κ3) is 4.57. The largest absolute Gasteiger partial charge is 0.496 e. The van der Waals surface area contributed by atoms with Crippen LogP contribution in [-0.4, -0.2) is 29.5 Å². The summed E-state index contributed by atoms with van der Waals surface area (Å²) < 4.78 is 10.1. The Bertz CT molecular complexity index is 872. The highest BCUT2D eigenvalue weighted by molar-refractivity contribution is 6.32. The summed E-state index contributed by atoms with van der Waals surface area (Å²) in [5.74, 6) is -0.340. The van der Waals surface area contributed by atoms with E-state index in [-0.39, 0.29) is 33.6 Å². The first-order chi connectivity index (χ1) is 12.3. The molecule has 0 saturated heterocycles. The summed E-state index contributed by atoms with van der Waals surface area (Å²) in [5.41, 5.74) is -0.592. The van der Waals surface area contributed by atoms with E-state index in [1.54, 1.807) is 0 Å². The van der Waals surface area contributed by atoms with E-state index in [0.717, 1.165) is 6.07 Å². The van der Waals surface area contributed by atoms with Crippen LogP contribution >= 0.6 is 11.6 Å². The summed E-state index contributed by atoms with van der Waals surface area (Å²) >= 11 is 5.85. The minimum absolute atomic E-state index is 0.0285. The van der Waals surface area contributed by atoms with Gasteiger partial charge in [0, 0.05) is 12.1 Å². The van der Waals surface area contributed by atoms with Gasteiger partial charge in [0.05, 0.1) is 28.0 Å². The number of carbonyl (C=O) groups is 1. The van der Waals surface area contributed by atoms with Crippen LogP contribution < -0.4 is 14.8 Å². The van der Waals surface area contributed by atoms with Crippen LogP contribution in [0.4, 0.5) is 17.1 Å². The number of non-ortho nitro benzene ring substituents is 1. The average Bonchev–Trinajstić information content (AvgIpc) is 2.60. The second kappa shape index (κ2) is 8.12. The van der Waals surface area contributed by atoms with Gasteiger partial charge >= 0.3 is 0 Å². The van der Waals surface area contributed by atoms with Crippen LogP contribution in [0, 0.1) is 20.2 Å². The van der Waals surface area contributed by atoms with Crippen molar-refractivity contribution in [3.8, 4) is 11.5 Å². The second-order valence-corrected chi connectivity index (χ2v) is 5.26. The molecule has 0 radical (unpaired) electrons. The number of methoxy groups -OCH3 is 1. The Morgan fingerprint density at radius 2 is 1.88 bits per heavy atom. The zero-order chi connectivity index (χ0) is 19.3. The van der Waals surface area contributed by atoms with Gasteiger partial charge in [0.1, 0.15) is 17.2 Å². The Labute approximate surface area is 151 Å². The molecule has 1 N–H and O–H groups in total. The van der Waals surface area contributed by atoms with Crippen molar-refractivity contribution in [1.29, 1.82) is 0 Å². The molecule has 0 aromatic heterocycles. The first-order valence-corrected chi connectivity index (χ1v) is 7.38. The second-order valence-electron chi connectivity index (χ2n) is 4.85. The summed E-state index contributed by atoms with van der Waals surface area (Å²) in [6, 6.07) is 7.47. The molecule has 136 valence electrons. The molecule has 2 aromatic rings. The fraction of sp³-hybridized carbons (Fsp3) is 0.133. The molecular formula is C15H12ClN3O7. The summed E-state index contributed by atoms with van der Waals surface area (Å²) in [7, 11) is 1.36. The van der Waals surface area contributed by atoms with E-state index in [0.29, 0.717) is 0 Å². The number of hydrogen-bond acceptors (Lipinski definition) is 7. The Morgan fingerprint density at radius 1 is 1.15 bits per heavy atom. The van der Waals surface area contributed by atoms with Gasteiger partial charge < -0.3 is 14.8 Å². The van der Waals surface area contributed by atoms with Gasteiger partial charge in [-0.1, -0.05) is 11.6 Å². The van der Waals surface area contributed by atoms with Crippen molar-refractivity contribution in [1.82, 2.24) is 0 Å². The van der Waals surface area contributed by atoms with Crippen LogP contribution in [0.3, 0.4) is 0 Å². The zero-order valence-corrected chi connectivity index (χ0v) is 14.1. The number of nitrogens with one attached hydrogen (secondary N) is 1. The molecule has 0 aliphatic rings. The third-order valence-electron chi connectivity index (χ3n) is 3.16. The maximum absolute atomic E-state index is 12.0. The molecule has 10 nitrogen and oxygen atoms in total. The number of amides is 1. The van der Waals surface area contributed by atoms with Crippen molar-refractivity contribution in [2.45, 2.75) is 0 Å². The predicted molar refractivity (Wildman–Crippen MR) is 91.9 cm³/mol. The van der Waals surface area contributed by atoms with Crippen LogP contribution in [0.5, 0.6) is 11.5 Å². The van der Waals surface area contributed by atoms with Gasteiger partial charge in [0.25, 0.3) is 17.3 Å². The summed E-state index contributed by atoms with van der Waals surface area (Å²) in [4.78, 5) is 32.4. The Kier molecular flexibility index (Phi) is 5.91. The molecule has 0 aliphatic carbocycles. The van der Waals surface area contributed by atoms with Crippen molar-refractivity contribution < 1.29 is 24.1 Å². The van der Waals surface area contributed by atoms with Crippen LogP contribution in [0.1, 0.15) is 0 Å². The fourth-order valence-corrected chi connectivity index (χ4v) is 2.17. The van der Waals surface area contributed by atoms with E-state index >= 15 is 0 Å². The first kappa shape index (κ1) is 18.9. The normalized spacial score (nSPS) is 10.1. The number of carbonyl (C=O) groups excluding carboxylic acids is 1. The maximum Gasteiger partial charge on any atom is 0.296 e. The molecule has 2 rings (SSSR count). The lowest BCUT2D eigenvalue weighted by Gasteiger charge is -2.09. The summed E-state index contributed by atoms with van der Waals surface area (Å²) in [6.45, 7) is -0.499. The number of nitro groups is 2. The molecule has 0 atom stereocenters. The van der Waals surface area contributed by atoms with E-state index in [2.05, 4.69) is 5.32 Å². The van der Waals surface area contributed by atoms with Crippen LogP contribution in [0.15, 0.2) is 36.4 Å². The fourth-order valence-electron chi connectivity index (χ4n) is 1.95. The number of hydrogen-bond donors (Lipinski definition) is 1. The average molecular weight is 382 g/mol. The SMILES string of the molecule is COc1ccc(NC(=O)COc2ccc([N+](=O)[O-])cc2Cl)c([N+](=O)[O-])c1. The zero-order valence-electron chi connectivity index (χ0n) is 13.3. The molecule has 0 saturated carbocycles. The molecule has 11 heteroatoms. The van der Waals surface area contributed by atoms with Gasteiger partial charge in [0.2, 0.25) is 0 Å². The minimum atomic E-state index is -0.673. The highest BCUT2D eigenvalue weighted by Crippen LogP contribution is 2.30. The lowest BCUT2D eigenvalue weighted by Crippen LogP contribution is -2.20. The molecule has 0 aliphatic heterocycles. The number of nitro benzene ring substituents is 2. The van der Waals surface area contributed by atoms with Crippen molar-refractivity contribution >= 4 is 34.6 Å². The molecule has 0 spiro atoms. The van der Waals surface area contributed by atoms with Gasteiger partial charge in [0.15, 0.2) is 6.61 Å². The number of anilines is 1. The molecule has 1 amide bonds. The van der Waals surface area contributed by atoms with E-state index in [1.807, 2.05) is 0 Å². The van der Waals surface area contributed by atoms with Gasteiger partial charge in [-0.15, -0.1) is 0 Å². The maximum atomic E-state index is 12.0. The van der Waals surface area contributed by atoms with Crippen molar-refractivity contribution in [2.75, 3.05) is 19.0 Å². The van der Waals surface area contributed by atoms with Gasteiger partial charge in [-0.25, -0.2) is 0 Å². The molecule has 0 heterocycles. The molecule has 0 fully saturated rings. The highest BCUT2D eigenvalue weighted by Gasteiger charge is 2.18. The quantitative estimate of drug-likeness (QED) is 0.574. The van der Waals surface area contributed by atoms with Gasteiger partial charge in [-0.05, 0) is 18.2 Å². The lowest BCUT2D eigenvalue weighted by atomic mass is 10.2. The molecule has 0 bridgehead atoms. The van der Waals surface area contributed by atoms with E-state index in [4.69, 9.17) is 21.1 Å². The Hall–Kier alpha value is -3.40. The number of ether oxygens (including phenoxy) is 2. The predicted octanol–water partition coefficient (Wildman–Crippen LogP) is 3.18. The number of rotatable bonds is 7. The van der Waals surface area contributed by atoms with E-state index < -0.39 is 22.4 Å². The smallest absolute Gasteiger partial charge is 0.296 e. The first-order valence-electron chi connectivity index (χ1n) is 7.01. The molecular weight excluding hydrogens is 370 g/mol. The summed E-state index contributed by atoms with van der Waals surface area (Å²) in [5, 5.41) is 24.0. The summed E-state index contributed by atoms with van der Waals surface area (Å²) in [6.07, 6.45) is 0. The van der Waals surface area contributed by atoms with Gasteiger partial charge in [-0.2, -0.15) is 0 Å². The van der Waals surface area contributed by atoms with Crippen LogP contribution in [0.25, 0.3) is 0 Å². The van der Waals surface area contributed by atoms with Crippen molar-refractivity contribution in [3.05, 3.63) is 61.6 Å². The highest BCUT2D eigenvalue weighted by atomic mass is 35.5. The molecule has 26 heavy (non-hydrogen) atoms. The third-order valence-corrected chi connectivity index (χ3v) is 3.46. The Morgan fingerprint density at radius 3 is 2.46 bits per heavy atom. The number of benzene rings is 2.